The topological polar surface area (TPSA) is 131 Å². The van der Waals surface area contributed by atoms with Crippen molar-refractivity contribution in [2.24, 2.45) is 0 Å². The van der Waals surface area contributed by atoms with E-state index in [0.717, 1.165) is 0 Å². The summed E-state index contributed by atoms with van der Waals surface area (Å²) in [6.45, 7) is 1.37. The number of nitro groups is 1. The first kappa shape index (κ1) is 24.1. The number of ether oxygens (including phenoxy) is 1. The number of hydrogen-bond donors (Lipinski definition) is 2. The molecule has 0 saturated heterocycles. The molecule has 4 rings (SSSR count). The molecule has 2 N–H and O–H groups in total. The average molecular weight is 486 g/mol. The fraction of sp³-hybridized carbons (Fsp3) is 0.115. The predicted octanol–water partition coefficient (Wildman–Crippen LogP) is 4.00. The van der Waals surface area contributed by atoms with Crippen molar-refractivity contribution in [3.05, 3.63) is 94.6 Å². The maximum Gasteiger partial charge on any atom is 0.269 e. The Kier molecular flexibility index (Phi) is 7.05. The van der Waals surface area contributed by atoms with Gasteiger partial charge in [0.2, 0.25) is 11.8 Å². The standard InChI is InChI=1S/C26H22N4O6/c1-17-26(33)29(16-25(32)27-19-5-3-2-4-6-19)22-15-20(10-13-23(22)36-17)28-24(31)14-9-18-7-11-21(12-8-18)30(34)35/h2-15,17H,16H2,1H3,(H,27,32)(H,28,31)/b14-9+. The van der Waals surface area contributed by atoms with E-state index in [-0.39, 0.29) is 24.0 Å². The molecule has 36 heavy (non-hydrogen) atoms. The largest absolute Gasteiger partial charge is 0.479 e. The Morgan fingerprint density at radius 2 is 1.75 bits per heavy atom. The van der Waals surface area contributed by atoms with Gasteiger partial charge in [0.15, 0.2) is 6.10 Å². The summed E-state index contributed by atoms with van der Waals surface area (Å²) in [6, 6.07) is 19.5. The molecular weight excluding hydrogens is 464 g/mol. The van der Waals surface area contributed by atoms with Crippen LogP contribution in [0.5, 0.6) is 5.75 Å². The fourth-order valence-corrected chi connectivity index (χ4v) is 3.58. The van der Waals surface area contributed by atoms with Crippen LogP contribution in [0, 0.1) is 10.1 Å². The summed E-state index contributed by atoms with van der Waals surface area (Å²) < 4.78 is 5.67. The zero-order chi connectivity index (χ0) is 25.7. The fourth-order valence-electron chi connectivity index (χ4n) is 3.58. The summed E-state index contributed by atoms with van der Waals surface area (Å²) >= 11 is 0. The molecule has 1 aliphatic rings. The lowest BCUT2D eigenvalue weighted by Crippen LogP contribution is -2.47. The Bertz CT molecular complexity index is 1340. The quantitative estimate of drug-likeness (QED) is 0.295. The van der Waals surface area contributed by atoms with Crippen LogP contribution in [0.4, 0.5) is 22.7 Å². The van der Waals surface area contributed by atoms with Crippen molar-refractivity contribution < 1.29 is 24.0 Å². The first-order valence-corrected chi connectivity index (χ1v) is 11.0. The molecule has 0 spiro atoms. The van der Waals surface area contributed by atoms with Gasteiger partial charge in [-0.2, -0.15) is 0 Å². The van der Waals surface area contributed by atoms with Gasteiger partial charge in [-0.1, -0.05) is 18.2 Å². The van der Waals surface area contributed by atoms with Crippen molar-refractivity contribution in [1.82, 2.24) is 0 Å². The first-order chi connectivity index (χ1) is 17.3. The highest BCUT2D eigenvalue weighted by molar-refractivity contribution is 6.07. The van der Waals surface area contributed by atoms with E-state index in [1.54, 1.807) is 49.4 Å². The van der Waals surface area contributed by atoms with Gasteiger partial charge < -0.3 is 15.4 Å². The molecule has 1 atom stereocenters. The molecule has 0 radical (unpaired) electrons. The number of benzene rings is 3. The average Bonchev–Trinajstić information content (AvgIpc) is 2.86. The van der Waals surface area contributed by atoms with Crippen LogP contribution in [0.1, 0.15) is 12.5 Å². The second-order valence-corrected chi connectivity index (χ2v) is 7.95. The van der Waals surface area contributed by atoms with E-state index in [1.165, 1.54) is 41.3 Å². The highest BCUT2D eigenvalue weighted by Crippen LogP contribution is 2.36. The van der Waals surface area contributed by atoms with Crippen LogP contribution in [0.2, 0.25) is 0 Å². The predicted molar refractivity (Wildman–Crippen MR) is 135 cm³/mol. The third kappa shape index (κ3) is 5.73. The van der Waals surface area contributed by atoms with E-state index in [9.17, 15) is 24.5 Å². The van der Waals surface area contributed by atoms with Crippen LogP contribution in [-0.2, 0) is 14.4 Å². The van der Waals surface area contributed by atoms with Crippen LogP contribution < -0.4 is 20.3 Å². The molecule has 1 heterocycles. The van der Waals surface area contributed by atoms with Gasteiger partial charge in [-0.05, 0) is 61.0 Å². The van der Waals surface area contributed by atoms with Gasteiger partial charge in [-0.3, -0.25) is 29.4 Å². The number of rotatable bonds is 7. The smallest absolute Gasteiger partial charge is 0.269 e. The van der Waals surface area contributed by atoms with Gasteiger partial charge in [-0.25, -0.2) is 0 Å². The number of anilines is 3. The Labute approximate surface area is 206 Å². The summed E-state index contributed by atoms with van der Waals surface area (Å²) in [7, 11) is 0. The summed E-state index contributed by atoms with van der Waals surface area (Å²) in [4.78, 5) is 49.4. The maximum atomic E-state index is 12.8. The SMILES string of the molecule is CC1Oc2ccc(NC(=O)/C=C/c3ccc([N+](=O)[O-])cc3)cc2N(CC(=O)Nc2ccccc2)C1=O. The molecule has 0 aliphatic carbocycles. The number of nitro benzene ring substituents is 1. The summed E-state index contributed by atoms with van der Waals surface area (Å²) in [5.74, 6) is -0.797. The number of amides is 3. The number of fused-ring (bicyclic) bond motifs is 1. The van der Waals surface area contributed by atoms with Gasteiger partial charge in [-0.15, -0.1) is 0 Å². The van der Waals surface area contributed by atoms with Gasteiger partial charge in [0.25, 0.3) is 11.6 Å². The molecule has 3 aromatic carbocycles. The Balaban J connectivity index is 1.47. The number of non-ortho nitro benzene ring substituents is 1. The minimum atomic E-state index is -0.771. The normalized spacial score (nSPS) is 14.6. The highest BCUT2D eigenvalue weighted by atomic mass is 16.6. The van der Waals surface area contributed by atoms with Crippen molar-refractivity contribution in [2.45, 2.75) is 13.0 Å². The van der Waals surface area contributed by atoms with E-state index in [4.69, 9.17) is 4.74 Å². The lowest BCUT2D eigenvalue weighted by Gasteiger charge is -2.32. The number of carbonyl (C=O) groups excluding carboxylic acids is 3. The van der Waals surface area contributed by atoms with E-state index < -0.39 is 16.9 Å². The zero-order valence-corrected chi connectivity index (χ0v) is 19.2. The molecule has 0 saturated carbocycles. The molecule has 1 aliphatic heterocycles. The third-order valence-corrected chi connectivity index (χ3v) is 5.33. The van der Waals surface area contributed by atoms with Crippen LogP contribution in [-0.4, -0.2) is 35.3 Å². The minimum Gasteiger partial charge on any atom is -0.479 e. The second-order valence-electron chi connectivity index (χ2n) is 7.95. The van der Waals surface area contributed by atoms with Crippen molar-refractivity contribution in [3.63, 3.8) is 0 Å². The number of para-hydroxylation sites is 1. The van der Waals surface area contributed by atoms with Gasteiger partial charge >= 0.3 is 0 Å². The van der Waals surface area contributed by atoms with E-state index in [2.05, 4.69) is 10.6 Å². The van der Waals surface area contributed by atoms with Gasteiger partial charge in [0.1, 0.15) is 12.3 Å². The van der Waals surface area contributed by atoms with Gasteiger partial charge in [0.05, 0.1) is 10.6 Å². The van der Waals surface area contributed by atoms with E-state index in [0.29, 0.717) is 28.4 Å². The molecule has 1 unspecified atom stereocenters. The van der Waals surface area contributed by atoms with Crippen LogP contribution in [0.3, 0.4) is 0 Å². The molecule has 0 aromatic heterocycles. The lowest BCUT2D eigenvalue weighted by atomic mass is 10.1. The third-order valence-electron chi connectivity index (χ3n) is 5.33. The molecule has 3 aromatic rings. The highest BCUT2D eigenvalue weighted by Gasteiger charge is 2.33. The number of nitrogens with one attached hydrogen (secondary N) is 2. The number of hydrogen-bond acceptors (Lipinski definition) is 6. The van der Waals surface area contributed by atoms with Crippen molar-refractivity contribution in [2.75, 3.05) is 22.1 Å². The van der Waals surface area contributed by atoms with Crippen molar-refractivity contribution >= 4 is 46.5 Å². The van der Waals surface area contributed by atoms with Crippen molar-refractivity contribution in [3.8, 4) is 5.75 Å². The molecule has 10 heteroatoms. The lowest BCUT2D eigenvalue weighted by molar-refractivity contribution is -0.384. The molecule has 0 bridgehead atoms. The van der Waals surface area contributed by atoms with Crippen LogP contribution in [0.15, 0.2) is 78.9 Å². The molecule has 182 valence electrons. The Morgan fingerprint density at radius 3 is 2.44 bits per heavy atom. The van der Waals surface area contributed by atoms with Gasteiger partial charge in [0, 0.05) is 29.6 Å². The van der Waals surface area contributed by atoms with E-state index >= 15 is 0 Å². The molecule has 0 fully saturated rings. The molecular formula is C26H22N4O6. The Morgan fingerprint density at radius 1 is 1.03 bits per heavy atom. The van der Waals surface area contributed by atoms with E-state index in [1.807, 2.05) is 6.07 Å². The maximum absolute atomic E-state index is 12.8. The first-order valence-electron chi connectivity index (χ1n) is 11.0. The summed E-state index contributed by atoms with van der Waals surface area (Å²) in [5.41, 5.74) is 1.94. The molecule has 10 nitrogen and oxygen atoms in total. The number of carbonyl (C=O) groups is 3. The summed E-state index contributed by atoms with van der Waals surface area (Å²) in [5, 5.41) is 16.2. The second kappa shape index (κ2) is 10.5. The number of nitrogens with zero attached hydrogens (tertiary/aromatic N) is 2. The zero-order valence-electron chi connectivity index (χ0n) is 19.2. The minimum absolute atomic E-state index is 0.0428. The van der Waals surface area contributed by atoms with Crippen LogP contribution >= 0.6 is 0 Å². The van der Waals surface area contributed by atoms with Crippen LogP contribution in [0.25, 0.3) is 6.08 Å². The summed E-state index contributed by atoms with van der Waals surface area (Å²) in [6.07, 6.45) is 2.04. The Hall–Kier alpha value is -4.99. The monoisotopic (exact) mass is 486 g/mol. The molecule has 3 amide bonds. The van der Waals surface area contributed by atoms with Crippen molar-refractivity contribution in [1.29, 1.82) is 0 Å².